The molecule has 1 atom stereocenters. The molecule has 1 amide bonds. The molecule has 0 bridgehead atoms. The number of carboxylic acids is 1. The molecule has 0 aliphatic heterocycles. The molecule has 0 aromatic heterocycles. The molecule has 1 rings (SSSR count). The topological polar surface area (TPSA) is 75.6 Å². The van der Waals surface area contributed by atoms with Crippen LogP contribution in [0.4, 0.5) is 0 Å². The van der Waals surface area contributed by atoms with Crippen LogP contribution in [0.25, 0.3) is 0 Å². The van der Waals surface area contributed by atoms with Gasteiger partial charge in [-0.05, 0) is 25.0 Å². The SMILES string of the molecule is CCc1ccc(OC)c(CNC(=O)C(C)C(=O)O)c1. The molecule has 0 heterocycles. The number of carboxylic acid groups (broad SMARTS) is 1. The molecule has 104 valence electrons. The fraction of sp³-hybridized carbons (Fsp3) is 0.429. The average Bonchev–Trinajstić information content (AvgIpc) is 2.43. The number of benzene rings is 1. The molecule has 0 aliphatic rings. The summed E-state index contributed by atoms with van der Waals surface area (Å²) in [5, 5.41) is 11.4. The zero-order valence-electron chi connectivity index (χ0n) is 11.4. The Balaban J connectivity index is 2.76. The van der Waals surface area contributed by atoms with Crippen LogP contribution in [0.5, 0.6) is 5.75 Å². The highest BCUT2D eigenvalue weighted by molar-refractivity contribution is 5.96. The van der Waals surface area contributed by atoms with Crippen LogP contribution in [0.1, 0.15) is 25.0 Å². The lowest BCUT2D eigenvalue weighted by atomic mass is 10.1. The van der Waals surface area contributed by atoms with Gasteiger partial charge < -0.3 is 15.2 Å². The smallest absolute Gasteiger partial charge is 0.315 e. The summed E-state index contributed by atoms with van der Waals surface area (Å²) in [6.07, 6.45) is 0.885. The summed E-state index contributed by atoms with van der Waals surface area (Å²) in [5.41, 5.74) is 1.98. The lowest BCUT2D eigenvalue weighted by molar-refractivity contribution is -0.146. The first kappa shape index (κ1) is 15.0. The van der Waals surface area contributed by atoms with Gasteiger partial charge in [-0.25, -0.2) is 0 Å². The predicted molar refractivity (Wildman–Crippen MR) is 71.0 cm³/mol. The van der Waals surface area contributed by atoms with Crippen molar-refractivity contribution in [2.75, 3.05) is 7.11 Å². The van der Waals surface area contributed by atoms with Crippen LogP contribution in [-0.2, 0) is 22.6 Å². The van der Waals surface area contributed by atoms with E-state index in [1.165, 1.54) is 6.92 Å². The third kappa shape index (κ3) is 3.98. The Hall–Kier alpha value is -2.04. The number of aryl methyl sites for hydroxylation is 1. The number of ether oxygens (including phenoxy) is 1. The fourth-order valence-corrected chi connectivity index (χ4v) is 1.64. The third-order valence-corrected chi connectivity index (χ3v) is 2.97. The summed E-state index contributed by atoms with van der Waals surface area (Å²) in [7, 11) is 1.56. The molecule has 0 saturated carbocycles. The van der Waals surface area contributed by atoms with Crippen molar-refractivity contribution >= 4 is 11.9 Å². The Labute approximate surface area is 112 Å². The van der Waals surface area contributed by atoms with Gasteiger partial charge in [0.2, 0.25) is 5.91 Å². The van der Waals surface area contributed by atoms with Crippen LogP contribution in [0.3, 0.4) is 0 Å². The monoisotopic (exact) mass is 265 g/mol. The highest BCUT2D eigenvalue weighted by atomic mass is 16.5. The summed E-state index contributed by atoms with van der Waals surface area (Å²) in [6, 6.07) is 5.76. The van der Waals surface area contributed by atoms with Gasteiger partial charge in [-0.15, -0.1) is 0 Å². The van der Waals surface area contributed by atoms with Crippen LogP contribution < -0.4 is 10.1 Å². The first-order valence-corrected chi connectivity index (χ1v) is 6.15. The van der Waals surface area contributed by atoms with Crippen molar-refractivity contribution in [2.45, 2.75) is 26.8 Å². The van der Waals surface area contributed by atoms with E-state index in [4.69, 9.17) is 9.84 Å². The van der Waals surface area contributed by atoms with Crippen LogP contribution >= 0.6 is 0 Å². The molecular weight excluding hydrogens is 246 g/mol. The van der Waals surface area contributed by atoms with Crippen LogP contribution in [0.2, 0.25) is 0 Å². The average molecular weight is 265 g/mol. The Bertz CT molecular complexity index is 471. The van der Waals surface area contributed by atoms with Gasteiger partial charge in [0.25, 0.3) is 0 Å². The van der Waals surface area contributed by atoms with E-state index in [-0.39, 0.29) is 6.54 Å². The molecule has 19 heavy (non-hydrogen) atoms. The molecule has 2 N–H and O–H groups in total. The number of carbonyl (C=O) groups is 2. The van der Waals surface area contributed by atoms with Crippen molar-refractivity contribution in [2.24, 2.45) is 5.92 Å². The summed E-state index contributed by atoms with van der Waals surface area (Å²) in [5.74, 6) is -2.01. The molecule has 0 aliphatic carbocycles. The Morgan fingerprint density at radius 3 is 2.63 bits per heavy atom. The second-order valence-corrected chi connectivity index (χ2v) is 4.28. The van der Waals surface area contributed by atoms with Gasteiger partial charge in [-0.2, -0.15) is 0 Å². The fourth-order valence-electron chi connectivity index (χ4n) is 1.64. The molecule has 1 aromatic carbocycles. The molecular formula is C14H19NO4. The van der Waals surface area contributed by atoms with E-state index in [1.807, 2.05) is 25.1 Å². The van der Waals surface area contributed by atoms with Crippen molar-refractivity contribution in [3.8, 4) is 5.75 Å². The summed E-state index contributed by atoms with van der Waals surface area (Å²) < 4.78 is 5.22. The lowest BCUT2D eigenvalue weighted by Crippen LogP contribution is -2.33. The van der Waals surface area contributed by atoms with Crippen molar-refractivity contribution in [3.05, 3.63) is 29.3 Å². The normalized spacial score (nSPS) is 11.7. The molecule has 0 spiro atoms. The second kappa shape index (κ2) is 6.78. The molecule has 0 saturated heterocycles. The number of methoxy groups -OCH3 is 1. The molecule has 1 unspecified atom stereocenters. The Morgan fingerprint density at radius 2 is 2.11 bits per heavy atom. The number of nitrogens with one attached hydrogen (secondary N) is 1. The maximum Gasteiger partial charge on any atom is 0.315 e. The van der Waals surface area contributed by atoms with E-state index in [9.17, 15) is 9.59 Å². The van der Waals surface area contributed by atoms with Crippen LogP contribution in [0, 0.1) is 5.92 Å². The molecule has 0 fully saturated rings. The molecule has 5 nitrogen and oxygen atoms in total. The minimum Gasteiger partial charge on any atom is -0.496 e. The van der Waals surface area contributed by atoms with Gasteiger partial charge in [0, 0.05) is 12.1 Å². The number of carbonyl (C=O) groups excluding carboxylic acids is 1. The minimum absolute atomic E-state index is 0.257. The van der Waals surface area contributed by atoms with E-state index < -0.39 is 17.8 Å². The van der Waals surface area contributed by atoms with Gasteiger partial charge in [-0.3, -0.25) is 9.59 Å². The first-order valence-electron chi connectivity index (χ1n) is 6.15. The quantitative estimate of drug-likeness (QED) is 0.766. The number of hydrogen-bond acceptors (Lipinski definition) is 3. The summed E-state index contributed by atoms with van der Waals surface area (Å²) in [4.78, 5) is 22.3. The zero-order valence-corrected chi connectivity index (χ0v) is 11.4. The number of aliphatic carboxylic acids is 1. The van der Waals surface area contributed by atoms with Gasteiger partial charge >= 0.3 is 5.97 Å². The van der Waals surface area contributed by atoms with Gasteiger partial charge in [0.15, 0.2) is 0 Å². The van der Waals surface area contributed by atoms with Crippen molar-refractivity contribution in [1.82, 2.24) is 5.32 Å². The van der Waals surface area contributed by atoms with E-state index >= 15 is 0 Å². The molecule has 5 heteroatoms. The summed E-state index contributed by atoms with van der Waals surface area (Å²) in [6.45, 7) is 3.65. The Kier molecular flexibility index (Phi) is 5.36. The van der Waals surface area contributed by atoms with E-state index in [0.29, 0.717) is 5.75 Å². The maximum absolute atomic E-state index is 11.6. The lowest BCUT2D eigenvalue weighted by Gasteiger charge is -2.12. The minimum atomic E-state index is -1.13. The largest absolute Gasteiger partial charge is 0.496 e. The summed E-state index contributed by atoms with van der Waals surface area (Å²) >= 11 is 0. The number of hydrogen-bond donors (Lipinski definition) is 2. The van der Waals surface area contributed by atoms with Crippen LogP contribution in [-0.4, -0.2) is 24.1 Å². The predicted octanol–water partition coefficient (Wildman–Crippen LogP) is 1.59. The van der Waals surface area contributed by atoms with E-state index in [0.717, 1.165) is 17.5 Å². The van der Waals surface area contributed by atoms with E-state index in [2.05, 4.69) is 5.32 Å². The van der Waals surface area contributed by atoms with Gasteiger partial charge in [0.1, 0.15) is 11.7 Å². The molecule has 0 radical (unpaired) electrons. The van der Waals surface area contributed by atoms with Crippen molar-refractivity contribution in [1.29, 1.82) is 0 Å². The number of rotatable bonds is 6. The van der Waals surface area contributed by atoms with Gasteiger partial charge in [0.05, 0.1) is 7.11 Å². The Morgan fingerprint density at radius 1 is 1.42 bits per heavy atom. The maximum atomic E-state index is 11.6. The first-order chi connectivity index (χ1) is 8.99. The van der Waals surface area contributed by atoms with Crippen molar-refractivity contribution in [3.63, 3.8) is 0 Å². The highest BCUT2D eigenvalue weighted by Crippen LogP contribution is 2.20. The number of amides is 1. The van der Waals surface area contributed by atoms with Crippen molar-refractivity contribution < 1.29 is 19.4 Å². The molecule has 1 aromatic rings. The highest BCUT2D eigenvalue weighted by Gasteiger charge is 2.20. The standard InChI is InChI=1S/C14H19NO4/c1-4-10-5-6-12(19-3)11(7-10)8-15-13(16)9(2)14(17)18/h5-7,9H,4,8H2,1-3H3,(H,15,16)(H,17,18). The zero-order chi connectivity index (χ0) is 14.4. The third-order valence-electron chi connectivity index (χ3n) is 2.97. The van der Waals surface area contributed by atoms with Gasteiger partial charge in [-0.1, -0.05) is 19.1 Å². The second-order valence-electron chi connectivity index (χ2n) is 4.28. The van der Waals surface area contributed by atoms with E-state index in [1.54, 1.807) is 7.11 Å². The van der Waals surface area contributed by atoms with Crippen LogP contribution in [0.15, 0.2) is 18.2 Å².